The minimum absolute atomic E-state index is 0.237. The van der Waals surface area contributed by atoms with Gasteiger partial charge in [-0.25, -0.2) is 9.37 Å². The molecule has 1 aromatic carbocycles. The smallest absolute Gasteiger partial charge is 0.169 e. The van der Waals surface area contributed by atoms with Crippen LogP contribution in [0.5, 0.6) is 0 Å². The maximum atomic E-state index is 13.7. The molecule has 2 aromatic rings. The van der Waals surface area contributed by atoms with Crippen LogP contribution in [0, 0.1) is 5.82 Å². The fraction of sp³-hybridized carbons (Fsp3) is 0.0769. The lowest BCUT2D eigenvalue weighted by Crippen LogP contribution is -2.19. The van der Waals surface area contributed by atoms with Crippen molar-refractivity contribution in [2.45, 2.75) is 0 Å². The zero-order chi connectivity index (χ0) is 13.1. The van der Waals surface area contributed by atoms with Gasteiger partial charge in [-0.15, -0.1) is 0 Å². The molecule has 1 heterocycles. The highest BCUT2D eigenvalue weighted by Gasteiger charge is 2.14. The summed E-state index contributed by atoms with van der Waals surface area (Å²) in [5, 5.41) is 0. The van der Waals surface area contributed by atoms with E-state index in [4.69, 9.17) is 18.0 Å². The number of nitrogens with two attached hydrogens (primary N) is 1. The molecule has 0 bridgehead atoms. The van der Waals surface area contributed by atoms with Crippen LogP contribution in [-0.4, -0.2) is 17.0 Å². The molecule has 2 N–H and O–H groups in total. The van der Waals surface area contributed by atoms with Gasteiger partial charge in [0.2, 0.25) is 0 Å². The number of anilines is 2. The zero-order valence-corrected chi connectivity index (χ0v) is 10.6. The van der Waals surface area contributed by atoms with Gasteiger partial charge in [0.1, 0.15) is 4.99 Å². The van der Waals surface area contributed by atoms with Crippen LogP contribution < -0.4 is 10.6 Å². The van der Waals surface area contributed by atoms with Gasteiger partial charge in [-0.2, -0.15) is 0 Å². The van der Waals surface area contributed by atoms with E-state index >= 15 is 0 Å². The van der Waals surface area contributed by atoms with E-state index < -0.39 is 5.82 Å². The van der Waals surface area contributed by atoms with Crippen LogP contribution in [0.25, 0.3) is 0 Å². The third-order valence-corrected chi connectivity index (χ3v) is 2.81. The average molecular weight is 261 g/mol. The Morgan fingerprint density at radius 3 is 2.67 bits per heavy atom. The van der Waals surface area contributed by atoms with E-state index in [1.54, 1.807) is 24.1 Å². The molecule has 3 nitrogen and oxygen atoms in total. The SMILES string of the molecule is CN(c1ccccc1C(N)=S)c1ncccc1F. The molecule has 92 valence electrons. The highest BCUT2D eigenvalue weighted by molar-refractivity contribution is 7.80. The molecule has 0 amide bonds. The molecule has 0 unspecified atom stereocenters. The normalized spacial score (nSPS) is 10.1. The molecule has 0 saturated heterocycles. The highest BCUT2D eigenvalue weighted by atomic mass is 32.1. The fourth-order valence-electron chi connectivity index (χ4n) is 1.71. The molecule has 18 heavy (non-hydrogen) atoms. The number of halogens is 1. The van der Waals surface area contributed by atoms with Crippen molar-refractivity contribution < 1.29 is 4.39 Å². The lowest BCUT2D eigenvalue weighted by atomic mass is 10.1. The predicted molar refractivity (Wildman–Crippen MR) is 74.6 cm³/mol. The Morgan fingerprint density at radius 1 is 1.28 bits per heavy atom. The van der Waals surface area contributed by atoms with Gasteiger partial charge in [-0.3, -0.25) is 0 Å². The summed E-state index contributed by atoms with van der Waals surface area (Å²) in [6.07, 6.45) is 1.54. The summed E-state index contributed by atoms with van der Waals surface area (Å²) >= 11 is 4.99. The standard InChI is InChI=1S/C13H12FN3S/c1-17(13-10(14)6-4-8-16-13)11-7-3-2-5-9(11)12(15)18/h2-8H,1H3,(H2,15,18). The Kier molecular flexibility index (Phi) is 3.53. The van der Waals surface area contributed by atoms with Crippen molar-refractivity contribution in [1.82, 2.24) is 4.98 Å². The first-order valence-electron chi connectivity index (χ1n) is 5.34. The average Bonchev–Trinajstić information content (AvgIpc) is 2.38. The first kappa shape index (κ1) is 12.4. The third-order valence-electron chi connectivity index (χ3n) is 2.59. The van der Waals surface area contributed by atoms with Crippen molar-refractivity contribution in [2.75, 3.05) is 11.9 Å². The van der Waals surface area contributed by atoms with Crippen LogP contribution in [0.2, 0.25) is 0 Å². The van der Waals surface area contributed by atoms with Gasteiger partial charge in [0.25, 0.3) is 0 Å². The van der Waals surface area contributed by atoms with E-state index in [1.165, 1.54) is 12.3 Å². The molecule has 5 heteroatoms. The molecule has 0 aliphatic heterocycles. The molecule has 0 atom stereocenters. The van der Waals surface area contributed by atoms with Crippen LogP contribution in [0.4, 0.5) is 15.9 Å². The molecule has 1 aromatic heterocycles. The van der Waals surface area contributed by atoms with Gasteiger partial charge in [0, 0.05) is 18.8 Å². The molecular weight excluding hydrogens is 249 g/mol. The Bertz CT molecular complexity index is 586. The first-order valence-corrected chi connectivity index (χ1v) is 5.75. The number of thiocarbonyl (C=S) groups is 1. The lowest BCUT2D eigenvalue weighted by molar-refractivity contribution is 0.621. The van der Waals surface area contributed by atoms with Crippen LogP contribution >= 0.6 is 12.2 Å². The van der Waals surface area contributed by atoms with Crippen molar-refractivity contribution >= 4 is 28.7 Å². The number of rotatable bonds is 3. The van der Waals surface area contributed by atoms with Crippen molar-refractivity contribution in [3.8, 4) is 0 Å². The first-order chi connectivity index (χ1) is 8.61. The summed E-state index contributed by atoms with van der Waals surface area (Å²) in [6.45, 7) is 0. The van der Waals surface area contributed by atoms with Gasteiger partial charge >= 0.3 is 0 Å². The number of hydrogen-bond acceptors (Lipinski definition) is 3. The van der Waals surface area contributed by atoms with E-state index in [-0.39, 0.29) is 10.8 Å². The summed E-state index contributed by atoms with van der Waals surface area (Å²) in [4.78, 5) is 5.92. The van der Waals surface area contributed by atoms with Gasteiger partial charge < -0.3 is 10.6 Å². The minimum Gasteiger partial charge on any atom is -0.389 e. The second-order valence-corrected chi connectivity index (χ2v) is 4.19. The lowest BCUT2D eigenvalue weighted by Gasteiger charge is -2.21. The zero-order valence-electron chi connectivity index (χ0n) is 9.80. The van der Waals surface area contributed by atoms with Crippen LogP contribution in [-0.2, 0) is 0 Å². The summed E-state index contributed by atoms with van der Waals surface area (Å²) in [7, 11) is 1.72. The van der Waals surface area contributed by atoms with Crippen molar-refractivity contribution in [3.05, 3.63) is 54.0 Å². The Morgan fingerprint density at radius 2 is 2.00 bits per heavy atom. The quantitative estimate of drug-likeness (QED) is 0.862. The second kappa shape index (κ2) is 5.10. The molecule has 0 fully saturated rings. The van der Waals surface area contributed by atoms with E-state index in [0.717, 1.165) is 5.69 Å². The van der Waals surface area contributed by atoms with Gasteiger partial charge in [0.05, 0.1) is 5.69 Å². The monoisotopic (exact) mass is 261 g/mol. The summed E-state index contributed by atoms with van der Waals surface area (Å²) in [5.74, 6) is -0.154. The van der Waals surface area contributed by atoms with E-state index in [9.17, 15) is 4.39 Å². The molecular formula is C13H12FN3S. The van der Waals surface area contributed by atoms with Crippen molar-refractivity contribution in [2.24, 2.45) is 5.73 Å². The van der Waals surface area contributed by atoms with Gasteiger partial charge in [-0.1, -0.05) is 24.4 Å². The topological polar surface area (TPSA) is 42.1 Å². The van der Waals surface area contributed by atoms with Crippen LogP contribution in [0.15, 0.2) is 42.6 Å². The predicted octanol–water partition coefficient (Wildman–Crippen LogP) is 2.62. The Balaban J connectivity index is 2.50. The number of hydrogen-bond donors (Lipinski definition) is 1. The maximum Gasteiger partial charge on any atom is 0.169 e. The third kappa shape index (κ3) is 2.31. The fourth-order valence-corrected chi connectivity index (χ4v) is 1.89. The number of aromatic nitrogens is 1. The molecule has 0 radical (unpaired) electrons. The van der Waals surface area contributed by atoms with Crippen molar-refractivity contribution in [1.29, 1.82) is 0 Å². The Labute approximate surface area is 110 Å². The number of benzene rings is 1. The molecule has 0 spiro atoms. The summed E-state index contributed by atoms with van der Waals surface area (Å²) in [6, 6.07) is 10.2. The molecule has 0 saturated carbocycles. The Hall–Kier alpha value is -2.01. The summed E-state index contributed by atoms with van der Waals surface area (Å²) in [5.41, 5.74) is 7.08. The van der Waals surface area contributed by atoms with E-state index in [1.807, 2.05) is 18.2 Å². The number of nitrogens with zero attached hydrogens (tertiary/aromatic N) is 2. The molecule has 0 aliphatic rings. The van der Waals surface area contributed by atoms with Crippen LogP contribution in [0.1, 0.15) is 5.56 Å². The maximum absolute atomic E-state index is 13.7. The number of para-hydroxylation sites is 1. The second-order valence-electron chi connectivity index (χ2n) is 3.75. The van der Waals surface area contributed by atoms with Gasteiger partial charge in [0.15, 0.2) is 11.6 Å². The molecule has 0 aliphatic carbocycles. The molecule has 2 rings (SSSR count). The van der Waals surface area contributed by atoms with Crippen LogP contribution in [0.3, 0.4) is 0 Å². The van der Waals surface area contributed by atoms with E-state index in [0.29, 0.717) is 5.56 Å². The van der Waals surface area contributed by atoms with E-state index in [2.05, 4.69) is 4.98 Å². The highest BCUT2D eigenvalue weighted by Crippen LogP contribution is 2.26. The van der Waals surface area contributed by atoms with Gasteiger partial charge in [-0.05, 0) is 24.3 Å². The minimum atomic E-state index is -0.391. The number of pyridine rings is 1. The van der Waals surface area contributed by atoms with Crippen molar-refractivity contribution in [3.63, 3.8) is 0 Å². The summed E-state index contributed by atoms with van der Waals surface area (Å²) < 4.78 is 13.7. The largest absolute Gasteiger partial charge is 0.389 e.